The van der Waals surface area contributed by atoms with E-state index in [1.165, 1.54) is 31.2 Å². The van der Waals surface area contributed by atoms with Crippen molar-refractivity contribution in [3.8, 4) is 0 Å². The molecule has 0 radical (unpaired) electrons. The topological polar surface area (TPSA) is 127 Å². The Morgan fingerprint density at radius 3 is 2.52 bits per heavy atom. The van der Waals surface area contributed by atoms with Crippen LogP contribution >= 0.6 is 11.8 Å². The molecule has 134 valence electrons. The van der Waals surface area contributed by atoms with E-state index in [0.717, 1.165) is 16.7 Å². The van der Waals surface area contributed by atoms with E-state index in [4.69, 9.17) is 4.74 Å². The molecule has 9 nitrogen and oxygen atoms in total. The Morgan fingerprint density at radius 1 is 1.36 bits per heavy atom. The number of amides is 1. The quantitative estimate of drug-likeness (QED) is 0.618. The van der Waals surface area contributed by atoms with E-state index in [0.29, 0.717) is 5.56 Å². The molecule has 2 atom stereocenters. The average Bonchev–Trinajstić information content (AvgIpc) is 2.96. The number of non-ortho nitro benzene ring substituents is 1. The lowest BCUT2D eigenvalue weighted by Crippen LogP contribution is -2.40. The Bertz CT molecular complexity index is 692. The molecule has 25 heavy (non-hydrogen) atoms. The summed E-state index contributed by atoms with van der Waals surface area (Å²) in [5.74, 6) is -1.15. The Balaban J connectivity index is 1.97. The van der Waals surface area contributed by atoms with Crippen molar-refractivity contribution in [2.24, 2.45) is 0 Å². The van der Waals surface area contributed by atoms with Gasteiger partial charge in [0.2, 0.25) is 0 Å². The molecule has 1 aromatic carbocycles. The third kappa shape index (κ3) is 4.92. The molecule has 1 saturated heterocycles. The smallest absolute Gasteiger partial charge is 0.410 e. The van der Waals surface area contributed by atoms with Gasteiger partial charge in [-0.25, -0.2) is 9.59 Å². The maximum atomic E-state index is 12.2. The highest BCUT2D eigenvalue weighted by Gasteiger charge is 2.41. The van der Waals surface area contributed by atoms with Crippen molar-refractivity contribution in [3.63, 3.8) is 0 Å². The summed E-state index contributed by atoms with van der Waals surface area (Å²) < 4.78 is 5.11. The number of carboxylic acid groups (broad SMARTS) is 1. The predicted octanol–water partition coefficient (Wildman–Crippen LogP) is 2.04. The first kappa shape index (κ1) is 18.7. The molecule has 1 aromatic rings. The third-order valence-corrected chi connectivity index (χ3v) is 4.63. The van der Waals surface area contributed by atoms with Gasteiger partial charge in [-0.05, 0) is 24.1 Å². The zero-order chi connectivity index (χ0) is 18.6. The number of nitro groups is 1. The van der Waals surface area contributed by atoms with Gasteiger partial charge >= 0.3 is 12.1 Å². The SMILES string of the molecule is CC(=O)SC1CC(C(=O)O)N(C(=O)OCc2ccc([N+](=O)[O-])cc2)C1. The molecule has 1 N–H and O–H groups in total. The lowest BCUT2D eigenvalue weighted by atomic mass is 10.2. The summed E-state index contributed by atoms with van der Waals surface area (Å²) in [6.45, 7) is 1.36. The molecule has 1 aliphatic rings. The van der Waals surface area contributed by atoms with Gasteiger partial charge in [0.25, 0.3) is 5.69 Å². The lowest BCUT2D eigenvalue weighted by Gasteiger charge is -2.20. The van der Waals surface area contributed by atoms with E-state index >= 15 is 0 Å². The number of thioether (sulfide) groups is 1. The first-order chi connectivity index (χ1) is 11.8. The Morgan fingerprint density at radius 2 is 2.00 bits per heavy atom. The van der Waals surface area contributed by atoms with Crippen LogP contribution in [-0.4, -0.2) is 49.9 Å². The zero-order valence-electron chi connectivity index (χ0n) is 13.3. The third-order valence-electron chi connectivity index (χ3n) is 3.62. The number of ether oxygens (including phenoxy) is 1. The van der Waals surface area contributed by atoms with E-state index in [-0.39, 0.29) is 35.6 Å². The molecule has 0 spiro atoms. The Hall–Kier alpha value is -2.62. The number of carboxylic acids is 1. The van der Waals surface area contributed by atoms with E-state index in [9.17, 15) is 29.6 Å². The number of likely N-dealkylation sites (tertiary alicyclic amines) is 1. The van der Waals surface area contributed by atoms with Crippen molar-refractivity contribution in [2.75, 3.05) is 6.54 Å². The standard InChI is InChI=1S/C15H16N2O7S/c1-9(18)25-12-6-13(14(19)20)16(7-12)15(21)24-8-10-2-4-11(5-3-10)17(22)23/h2-5,12-13H,6-8H2,1H3,(H,19,20). The van der Waals surface area contributed by atoms with Gasteiger partial charge in [0, 0.05) is 30.9 Å². The van der Waals surface area contributed by atoms with Gasteiger partial charge < -0.3 is 9.84 Å². The van der Waals surface area contributed by atoms with Gasteiger partial charge in [0.1, 0.15) is 12.6 Å². The van der Waals surface area contributed by atoms with Crippen LogP contribution in [0.3, 0.4) is 0 Å². The number of carbonyl (C=O) groups is 3. The molecule has 0 saturated carbocycles. The van der Waals surface area contributed by atoms with Crippen LogP contribution in [0.1, 0.15) is 18.9 Å². The number of hydrogen-bond acceptors (Lipinski definition) is 7. The van der Waals surface area contributed by atoms with E-state index in [2.05, 4.69) is 0 Å². The van der Waals surface area contributed by atoms with Crippen molar-refractivity contribution < 1.29 is 29.2 Å². The number of nitro benzene ring substituents is 1. The van der Waals surface area contributed by atoms with Crippen LogP contribution in [0.4, 0.5) is 10.5 Å². The van der Waals surface area contributed by atoms with Crippen molar-refractivity contribution >= 4 is 34.6 Å². The maximum absolute atomic E-state index is 12.2. The summed E-state index contributed by atoms with van der Waals surface area (Å²) in [5.41, 5.74) is 0.462. The van der Waals surface area contributed by atoms with Gasteiger partial charge in [-0.2, -0.15) is 0 Å². The summed E-state index contributed by atoms with van der Waals surface area (Å²) in [6.07, 6.45) is -0.621. The minimum Gasteiger partial charge on any atom is -0.480 e. The van der Waals surface area contributed by atoms with Crippen LogP contribution in [0.2, 0.25) is 0 Å². The molecule has 2 unspecified atom stereocenters. The van der Waals surface area contributed by atoms with Gasteiger partial charge in [0.05, 0.1) is 4.92 Å². The first-order valence-corrected chi connectivity index (χ1v) is 8.22. The molecular formula is C15H16N2O7S. The molecule has 1 fully saturated rings. The fourth-order valence-corrected chi connectivity index (χ4v) is 3.48. The molecule has 0 aromatic heterocycles. The number of nitrogens with zero attached hydrogens (tertiary/aromatic N) is 2. The average molecular weight is 368 g/mol. The van der Waals surface area contributed by atoms with Crippen molar-refractivity contribution in [1.29, 1.82) is 0 Å². The Kier molecular flexibility index (Phi) is 5.97. The fraction of sp³-hybridized carbons (Fsp3) is 0.400. The summed E-state index contributed by atoms with van der Waals surface area (Å²) in [5, 5.41) is 19.4. The Labute approximate surface area is 147 Å². The van der Waals surface area contributed by atoms with Crippen LogP contribution in [0.25, 0.3) is 0 Å². The number of hydrogen-bond donors (Lipinski definition) is 1. The molecule has 1 aliphatic heterocycles. The highest BCUT2D eigenvalue weighted by molar-refractivity contribution is 8.14. The van der Waals surface area contributed by atoms with Gasteiger partial charge in [-0.1, -0.05) is 11.8 Å². The second-order valence-electron chi connectivity index (χ2n) is 5.45. The summed E-state index contributed by atoms with van der Waals surface area (Å²) >= 11 is 1.01. The number of benzene rings is 1. The minimum absolute atomic E-state index is 0.0790. The fourth-order valence-electron chi connectivity index (χ4n) is 2.50. The highest BCUT2D eigenvalue weighted by atomic mass is 32.2. The molecule has 0 bridgehead atoms. The molecule has 0 aliphatic carbocycles. The van der Waals surface area contributed by atoms with Crippen molar-refractivity contribution in [1.82, 2.24) is 4.90 Å². The highest BCUT2D eigenvalue weighted by Crippen LogP contribution is 2.29. The van der Waals surface area contributed by atoms with Crippen molar-refractivity contribution in [2.45, 2.75) is 31.2 Å². The van der Waals surface area contributed by atoms with Gasteiger partial charge in [-0.3, -0.25) is 19.8 Å². The number of aliphatic carboxylic acids is 1. The van der Waals surface area contributed by atoms with Crippen LogP contribution in [-0.2, 0) is 20.9 Å². The van der Waals surface area contributed by atoms with Crippen LogP contribution in [0, 0.1) is 10.1 Å². The lowest BCUT2D eigenvalue weighted by molar-refractivity contribution is -0.384. The van der Waals surface area contributed by atoms with Crippen molar-refractivity contribution in [3.05, 3.63) is 39.9 Å². The van der Waals surface area contributed by atoms with Gasteiger partial charge in [-0.15, -0.1) is 0 Å². The molecule has 2 rings (SSSR count). The zero-order valence-corrected chi connectivity index (χ0v) is 14.1. The summed E-state index contributed by atoms with van der Waals surface area (Å²) in [4.78, 5) is 45.8. The molecule has 10 heteroatoms. The van der Waals surface area contributed by atoms with Crippen LogP contribution in [0.5, 0.6) is 0 Å². The molecule has 1 heterocycles. The van der Waals surface area contributed by atoms with Gasteiger partial charge in [0.15, 0.2) is 5.12 Å². The summed E-state index contributed by atoms with van der Waals surface area (Å²) in [7, 11) is 0. The molecule has 1 amide bonds. The number of rotatable bonds is 5. The normalized spacial score (nSPS) is 19.5. The number of carbonyl (C=O) groups excluding carboxylic acids is 2. The minimum atomic E-state index is -1.15. The molecular weight excluding hydrogens is 352 g/mol. The van der Waals surface area contributed by atoms with Crippen LogP contribution in [0.15, 0.2) is 24.3 Å². The largest absolute Gasteiger partial charge is 0.480 e. The predicted molar refractivity (Wildman–Crippen MR) is 88.1 cm³/mol. The maximum Gasteiger partial charge on any atom is 0.410 e. The summed E-state index contributed by atoms with van der Waals surface area (Å²) in [6, 6.07) is 4.45. The second-order valence-corrected chi connectivity index (χ2v) is 6.93. The van der Waals surface area contributed by atoms with E-state index in [1.807, 2.05) is 0 Å². The monoisotopic (exact) mass is 368 g/mol. The van der Waals surface area contributed by atoms with E-state index in [1.54, 1.807) is 0 Å². The first-order valence-electron chi connectivity index (χ1n) is 7.34. The van der Waals surface area contributed by atoms with E-state index < -0.39 is 23.0 Å². The van der Waals surface area contributed by atoms with Crippen LogP contribution < -0.4 is 0 Å². The second kappa shape index (κ2) is 7.97.